The zero-order valence-corrected chi connectivity index (χ0v) is 13.6. The molecule has 1 N–H and O–H groups in total. The fourth-order valence-corrected chi connectivity index (χ4v) is 3.41. The third-order valence-electron chi connectivity index (χ3n) is 3.53. The number of aryl methyl sites for hydroxylation is 1. The second-order valence-corrected chi connectivity index (χ2v) is 6.97. The lowest BCUT2D eigenvalue weighted by Crippen LogP contribution is -2.17. The molecule has 0 saturated heterocycles. The third-order valence-corrected chi connectivity index (χ3v) is 4.94. The summed E-state index contributed by atoms with van der Waals surface area (Å²) in [5.41, 5.74) is 3.37. The molecule has 0 saturated carbocycles. The van der Waals surface area contributed by atoms with Gasteiger partial charge in [0.2, 0.25) is 0 Å². The van der Waals surface area contributed by atoms with E-state index in [1.807, 2.05) is 13.0 Å². The van der Waals surface area contributed by atoms with Crippen molar-refractivity contribution < 1.29 is 0 Å². The van der Waals surface area contributed by atoms with Gasteiger partial charge in [0.05, 0.1) is 9.85 Å². The van der Waals surface area contributed by atoms with Gasteiger partial charge in [-0.15, -0.1) is 11.3 Å². The van der Waals surface area contributed by atoms with Crippen LogP contribution in [0.25, 0.3) is 10.9 Å². The summed E-state index contributed by atoms with van der Waals surface area (Å²) in [5.74, 6) is 0. The molecule has 0 fully saturated rings. The molecule has 0 spiro atoms. The Kier molecular flexibility index (Phi) is 4.24. The van der Waals surface area contributed by atoms with Crippen LogP contribution in [-0.2, 0) is 6.54 Å². The molecule has 1 aromatic carbocycles. The van der Waals surface area contributed by atoms with Gasteiger partial charge in [0.25, 0.3) is 0 Å². The predicted octanol–water partition coefficient (Wildman–Crippen LogP) is 5.11. The first kappa shape index (κ1) is 14.5. The van der Waals surface area contributed by atoms with E-state index in [1.165, 1.54) is 15.8 Å². The van der Waals surface area contributed by atoms with Crippen LogP contribution < -0.4 is 5.32 Å². The van der Waals surface area contributed by atoms with Crippen LogP contribution in [0.15, 0.2) is 42.5 Å². The fourth-order valence-electron chi connectivity index (χ4n) is 2.32. The lowest BCUT2D eigenvalue weighted by atomic mass is 10.1. The number of nitrogens with zero attached hydrogens (tertiary/aromatic N) is 1. The van der Waals surface area contributed by atoms with Gasteiger partial charge in [0, 0.05) is 28.5 Å². The van der Waals surface area contributed by atoms with Crippen molar-refractivity contribution in [2.45, 2.75) is 26.4 Å². The number of aromatic nitrogens is 1. The highest BCUT2D eigenvalue weighted by molar-refractivity contribution is 7.16. The van der Waals surface area contributed by atoms with Crippen LogP contribution in [0.1, 0.15) is 29.1 Å². The summed E-state index contributed by atoms with van der Waals surface area (Å²) in [4.78, 5) is 5.79. The number of rotatable bonds is 4. The highest BCUT2D eigenvalue weighted by Crippen LogP contribution is 2.27. The Balaban J connectivity index is 1.71. The molecule has 0 bridgehead atoms. The number of nitrogens with one attached hydrogen (secondary N) is 1. The standard InChI is InChI=1S/C17H17ClN2S/c1-11-3-5-14-9-13(4-6-15(14)20-11)10-19-12(2)16-7-8-17(18)21-16/h3-9,12,19H,10H2,1-2H3. The Morgan fingerprint density at radius 2 is 2.05 bits per heavy atom. The maximum atomic E-state index is 5.98. The molecule has 0 aliphatic heterocycles. The lowest BCUT2D eigenvalue weighted by molar-refractivity contribution is 0.583. The molecule has 2 nitrogen and oxygen atoms in total. The molecule has 1 unspecified atom stereocenters. The van der Waals surface area contributed by atoms with Gasteiger partial charge in [-0.25, -0.2) is 0 Å². The fraction of sp³-hybridized carbons (Fsp3) is 0.235. The van der Waals surface area contributed by atoms with Gasteiger partial charge in [-0.1, -0.05) is 23.7 Å². The van der Waals surface area contributed by atoms with Crippen molar-refractivity contribution in [1.29, 1.82) is 0 Å². The quantitative estimate of drug-likeness (QED) is 0.723. The minimum Gasteiger partial charge on any atom is -0.305 e. The van der Waals surface area contributed by atoms with Gasteiger partial charge < -0.3 is 5.32 Å². The summed E-state index contributed by atoms with van der Waals surface area (Å²) >= 11 is 7.61. The van der Waals surface area contributed by atoms with Crippen molar-refractivity contribution in [2.24, 2.45) is 0 Å². The highest BCUT2D eigenvalue weighted by atomic mass is 35.5. The molecular formula is C17H17ClN2S. The van der Waals surface area contributed by atoms with E-state index in [-0.39, 0.29) is 0 Å². The SMILES string of the molecule is Cc1ccc2cc(CNC(C)c3ccc(Cl)s3)ccc2n1. The van der Waals surface area contributed by atoms with Crippen molar-refractivity contribution in [1.82, 2.24) is 10.3 Å². The first-order chi connectivity index (χ1) is 10.1. The molecule has 0 aliphatic carbocycles. The zero-order chi connectivity index (χ0) is 14.8. The molecule has 21 heavy (non-hydrogen) atoms. The van der Waals surface area contributed by atoms with Crippen LogP contribution in [0.2, 0.25) is 4.34 Å². The highest BCUT2D eigenvalue weighted by Gasteiger charge is 2.08. The smallest absolute Gasteiger partial charge is 0.0931 e. The van der Waals surface area contributed by atoms with E-state index in [2.05, 4.69) is 53.6 Å². The average Bonchev–Trinajstić information content (AvgIpc) is 2.91. The lowest BCUT2D eigenvalue weighted by Gasteiger charge is -2.12. The summed E-state index contributed by atoms with van der Waals surface area (Å²) in [6, 6.07) is 14.9. The number of hydrogen-bond acceptors (Lipinski definition) is 3. The first-order valence-corrected chi connectivity index (χ1v) is 8.16. The topological polar surface area (TPSA) is 24.9 Å². The Labute approximate surface area is 133 Å². The largest absolute Gasteiger partial charge is 0.305 e. The molecule has 2 aromatic heterocycles. The zero-order valence-electron chi connectivity index (χ0n) is 12.1. The Hall–Kier alpha value is -1.42. The summed E-state index contributed by atoms with van der Waals surface area (Å²) in [6.45, 7) is 5.01. The number of hydrogen-bond donors (Lipinski definition) is 1. The molecular weight excluding hydrogens is 300 g/mol. The van der Waals surface area contributed by atoms with E-state index in [1.54, 1.807) is 11.3 Å². The monoisotopic (exact) mass is 316 g/mol. The summed E-state index contributed by atoms with van der Waals surface area (Å²) in [6.07, 6.45) is 0. The number of fused-ring (bicyclic) bond motifs is 1. The van der Waals surface area contributed by atoms with Crippen molar-refractivity contribution in [3.05, 3.63) is 62.9 Å². The third kappa shape index (κ3) is 3.43. The van der Waals surface area contributed by atoms with Crippen LogP contribution in [0.3, 0.4) is 0 Å². The predicted molar refractivity (Wildman–Crippen MR) is 91.1 cm³/mol. The van der Waals surface area contributed by atoms with E-state index >= 15 is 0 Å². The van der Waals surface area contributed by atoms with Crippen molar-refractivity contribution in [3.63, 3.8) is 0 Å². The van der Waals surface area contributed by atoms with Gasteiger partial charge in [-0.05, 0) is 49.7 Å². The van der Waals surface area contributed by atoms with E-state index < -0.39 is 0 Å². The van der Waals surface area contributed by atoms with Gasteiger partial charge in [0.15, 0.2) is 0 Å². The van der Waals surface area contributed by atoms with E-state index in [4.69, 9.17) is 11.6 Å². The van der Waals surface area contributed by atoms with Crippen LogP contribution in [0.4, 0.5) is 0 Å². The van der Waals surface area contributed by atoms with E-state index in [0.29, 0.717) is 6.04 Å². The molecule has 0 amide bonds. The second kappa shape index (κ2) is 6.14. The number of benzene rings is 1. The maximum Gasteiger partial charge on any atom is 0.0931 e. The number of pyridine rings is 1. The molecule has 1 atom stereocenters. The Bertz CT molecular complexity index is 766. The minimum absolute atomic E-state index is 0.300. The minimum atomic E-state index is 0.300. The molecule has 4 heteroatoms. The van der Waals surface area contributed by atoms with Gasteiger partial charge >= 0.3 is 0 Å². The summed E-state index contributed by atoms with van der Waals surface area (Å²) in [5, 5.41) is 4.72. The Morgan fingerprint density at radius 3 is 2.81 bits per heavy atom. The second-order valence-electron chi connectivity index (χ2n) is 5.22. The van der Waals surface area contributed by atoms with Crippen LogP contribution in [0, 0.1) is 6.92 Å². The van der Waals surface area contributed by atoms with Crippen LogP contribution >= 0.6 is 22.9 Å². The number of halogens is 1. The molecule has 3 aromatic rings. The van der Waals surface area contributed by atoms with E-state index in [0.717, 1.165) is 22.1 Å². The van der Waals surface area contributed by atoms with Crippen LogP contribution in [0.5, 0.6) is 0 Å². The average molecular weight is 317 g/mol. The van der Waals surface area contributed by atoms with Crippen molar-refractivity contribution in [3.8, 4) is 0 Å². The molecule has 108 valence electrons. The van der Waals surface area contributed by atoms with Gasteiger partial charge in [-0.3, -0.25) is 4.98 Å². The van der Waals surface area contributed by atoms with Gasteiger partial charge in [0.1, 0.15) is 0 Å². The summed E-state index contributed by atoms with van der Waals surface area (Å²) < 4.78 is 0.839. The molecule has 0 radical (unpaired) electrons. The molecule has 0 aliphatic rings. The molecule has 2 heterocycles. The summed E-state index contributed by atoms with van der Waals surface area (Å²) in [7, 11) is 0. The van der Waals surface area contributed by atoms with Crippen LogP contribution in [-0.4, -0.2) is 4.98 Å². The van der Waals surface area contributed by atoms with Crippen molar-refractivity contribution >= 4 is 33.8 Å². The molecule has 3 rings (SSSR count). The number of thiophene rings is 1. The van der Waals surface area contributed by atoms with E-state index in [9.17, 15) is 0 Å². The first-order valence-electron chi connectivity index (χ1n) is 6.97. The Morgan fingerprint density at radius 1 is 1.19 bits per heavy atom. The normalized spacial score (nSPS) is 12.7. The van der Waals surface area contributed by atoms with Crippen molar-refractivity contribution in [2.75, 3.05) is 0 Å². The maximum absolute atomic E-state index is 5.98. The van der Waals surface area contributed by atoms with Gasteiger partial charge in [-0.2, -0.15) is 0 Å².